The molecule has 0 atom stereocenters. The maximum Gasteiger partial charge on any atom is -0.00672 e. The number of nitrogens with two attached hydrogens (primary N) is 1. The van der Waals surface area contributed by atoms with Crippen LogP contribution >= 0.6 is 0 Å². The molecular weight excluding hydrogens is 506 g/mol. The predicted octanol–water partition coefficient (Wildman–Crippen LogP) is 13.5. The molecule has 0 saturated carbocycles. The van der Waals surface area contributed by atoms with Gasteiger partial charge in [-0.1, -0.05) is 154 Å². The molecule has 234 valence electrons. The average Bonchev–Trinajstić information content (AvgIpc) is 3.05. The molecule has 0 radical (unpaired) electrons. The molecule has 2 N–H and O–H groups in total. The van der Waals surface area contributed by atoms with E-state index in [0.29, 0.717) is 0 Å². The first-order valence-corrected chi connectivity index (χ1v) is 15.7. The number of fused-ring (bicyclic) bond motifs is 1. The fraction of sp³-hybridized carbons (Fsp3) is 0.366. The number of benzene rings is 2. The van der Waals surface area contributed by atoms with Crippen molar-refractivity contribution in [3.05, 3.63) is 125 Å². The second kappa shape index (κ2) is 29.1. The van der Waals surface area contributed by atoms with Gasteiger partial charge >= 0.3 is 0 Å². The number of hydrogen-bond donors (Lipinski definition) is 1. The molecule has 1 nitrogen and oxygen atoms in total. The standard InChI is InChI=1S/C32H36.4C2H6.CH5N/c1-10-17-31-28(14-5)30-19-16-15-18-29(30)24(9)32(31)27(13-4)26(12-3)21-23(8)25(11-2)20-22(6)7;5*1-2/h10-21H,2,5-6H2,1,3-4,7-9H3;4*1-2H3;2H2,1H3/b17-10-,23-21+,25-20+,26-12+,27-13-;;;;;. The maximum atomic E-state index is 4.50. The monoisotopic (exact) mass is 572 g/mol. The second-order valence-corrected chi connectivity index (χ2v) is 8.00. The predicted molar refractivity (Wildman–Crippen MR) is 203 cm³/mol. The fourth-order valence-corrected chi connectivity index (χ4v) is 4.26. The molecule has 0 unspecified atom stereocenters. The molecule has 0 heterocycles. The molecule has 0 bridgehead atoms. The molecule has 0 aliphatic rings. The van der Waals surface area contributed by atoms with Crippen LogP contribution in [0.25, 0.3) is 28.5 Å². The van der Waals surface area contributed by atoms with Gasteiger partial charge in [0, 0.05) is 0 Å². The summed E-state index contributed by atoms with van der Waals surface area (Å²) >= 11 is 0. The average molecular weight is 572 g/mol. The molecule has 2 aromatic carbocycles. The van der Waals surface area contributed by atoms with Crippen molar-refractivity contribution >= 4 is 28.5 Å². The Morgan fingerprint density at radius 2 is 1.21 bits per heavy atom. The third-order valence-electron chi connectivity index (χ3n) is 5.72. The smallest absolute Gasteiger partial charge is 0.00672 e. The van der Waals surface area contributed by atoms with Crippen molar-refractivity contribution < 1.29 is 0 Å². The van der Waals surface area contributed by atoms with Crippen molar-refractivity contribution in [3.63, 3.8) is 0 Å². The van der Waals surface area contributed by atoms with Gasteiger partial charge in [-0.2, -0.15) is 0 Å². The summed E-state index contributed by atoms with van der Waals surface area (Å²) in [5.41, 5.74) is 15.1. The van der Waals surface area contributed by atoms with E-state index in [1.807, 2.05) is 74.5 Å². The van der Waals surface area contributed by atoms with Crippen LogP contribution in [0.3, 0.4) is 0 Å². The molecule has 2 rings (SSSR count). The highest BCUT2D eigenvalue weighted by Gasteiger charge is 2.18. The Morgan fingerprint density at radius 3 is 1.60 bits per heavy atom. The quantitative estimate of drug-likeness (QED) is 0.313. The Hall–Kier alpha value is -3.42. The van der Waals surface area contributed by atoms with Crippen molar-refractivity contribution in [1.82, 2.24) is 0 Å². The van der Waals surface area contributed by atoms with Crippen molar-refractivity contribution in [2.45, 2.75) is 96.9 Å². The molecular formula is C41H65N. The minimum absolute atomic E-state index is 1.01. The molecule has 0 fully saturated rings. The SMILES string of the molecule is C=CC(=C\C(=C)C)/C(C)=C/C(=C\C)C(=C/C)/c1c(/C=C\C)c(C=C)c2ccccc2c1C.CC.CC.CC.CC.CN. The van der Waals surface area contributed by atoms with E-state index in [4.69, 9.17) is 0 Å². The van der Waals surface area contributed by atoms with Crippen molar-refractivity contribution in [2.24, 2.45) is 5.73 Å². The zero-order valence-electron chi connectivity index (χ0n) is 30.1. The Balaban J connectivity index is -0.000000651. The summed E-state index contributed by atoms with van der Waals surface area (Å²) in [6.45, 7) is 40.8. The molecule has 0 saturated heterocycles. The lowest BCUT2D eigenvalue weighted by atomic mass is 9.82. The molecule has 1 heteroatoms. The van der Waals surface area contributed by atoms with Gasteiger partial charge in [-0.25, -0.2) is 0 Å². The zero-order chi connectivity index (χ0) is 33.8. The van der Waals surface area contributed by atoms with E-state index in [-0.39, 0.29) is 0 Å². The van der Waals surface area contributed by atoms with Crippen LogP contribution in [0, 0.1) is 6.92 Å². The number of hydrogen-bond acceptors (Lipinski definition) is 1. The summed E-state index contributed by atoms with van der Waals surface area (Å²) in [4.78, 5) is 0. The van der Waals surface area contributed by atoms with E-state index >= 15 is 0 Å². The number of allylic oxidation sites excluding steroid dienone is 11. The summed E-state index contributed by atoms with van der Waals surface area (Å²) in [5, 5.41) is 2.49. The highest BCUT2D eigenvalue weighted by molar-refractivity contribution is 6.03. The van der Waals surface area contributed by atoms with Crippen molar-refractivity contribution in [3.8, 4) is 0 Å². The summed E-state index contributed by atoms with van der Waals surface area (Å²) in [6, 6.07) is 8.59. The maximum absolute atomic E-state index is 4.50. The Labute approximate surface area is 262 Å². The van der Waals surface area contributed by atoms with Crippen LogP contribution in [0.4, 0.5) is 0 Å². The van der Waals surface area contributed by atoms with Gasteiger partial charge in [0.1, 0.15) is 0 Å². The topological polar surface area (TPSA) is 26.0 Å². The summed E-state index contributed by atoms with van der Waals surface area (Å²) in [7, 11) is 1.50. The van der Waals surface area contributed by atoms with Gasteiger partial charge in [0.25, 0.3) is 0 Å². The lowest BCUT2D eigenvalue weighted by Gasteiger charge is -2.21. The van der Waals surface area contributed by atoms with E-state index in [1.165, 1.54) is 51.2 Å². The highest BCUT2D eigenvalue weighted by atomic mass is 14.4. The Bertz CT molecular complexity index is 1210. The van der Waals surface area contributed by atoms with Gasteiger partial charge in [-0.3, -0.25) is 0 Å². The third-order valence-corrected chi connectivity index (χ3v) is 5.72. The normalized spacial score (nSPS) is 11.1. The Kier molecular flexibility index (Phi) is 31.6. The van der Waals surface area contributed by atoms with E-state index in [0.717, 1.165) is 16.7 Å². The van der Waals surface area contributed by atoms with E-state index in [1.54, 1.807) is 0 Å². The number of rotatable bonds is 8. The minimum atomic E-state index is 1.01. The molecule has 2 aromatic rings. The Morgan fingerprint density at radius 1 is 0.714 bits per heavy atom. The van der Waals surface area contributed by atoms with Gasteiger partial charge in [-0.15, -0.1) is 0 Å². The van der Waals surface area contributed by atoms with E-state index in [2.05, 4.69) is 121 Å². The van der Waals surface area contributed by atoms with E-state index < -0.39 is 0 Å². The van der Waals surface area contributed by atoms with Crippen LogP contribution in [-0.2, 0) is 0 Å². The van der Waals surface area contributed by atoms with Crippen LogP contribution in [0.2, 0.25) is 0 Å². The van der Waals surface area contributed by atoms with Crippen LogP contribution in [-0.4, -0.2) is 7.05 Å². The van der Waals surface area contributed by atoms with Gasteiger partial charge in [-0.05, 0) is 104 Å². The molecule has 0 aromatic heterocycles. The van der Waals surface area contributed by atoms with Crippen molar-refractivity contribution in [2.75, 3.05) is 7.05 Å². The largest absolute Gasteiger partial charge is 0.333 e. The first kappa shape index (κ1) is 45.6. The summed E-state index contributed by atoms with van der Waals surface area (Å²) in [5.74, 6) is 0. The lowest BCUT2D eigenvalue weighted by molar-refractivity contribution is 1.37. The molecule has 0 spiro atoms. The van der Waals surface area contributed by atoms with Gasteiger partial charge in [0.15, 0.2) is 0 Å². The van der Waals surface area contributed by atoms with Crippen LogP contribution in [0.1, 0.15) is 112 Å². The van der Waals surface area contributed by atoms with Gasteiger partial charge in [0.05, 0.1) is 0 Å². The van der Waals surface area contributed by atoms with Crippen LogP contribution in [0.15, 0.2) is 103 Å². The summed E-state index contributed by atoms with van der Waals surface area (Å²) in [6.07, 6.45) is 16.9. The minimum Gasteiger partial charge on any atom is -0.333 e. The van der Waals surface area contributed by atoms with Gasteiger partial charge in [0.2, 0.25) is 0 Å². The highest BCUT2D eigenvalue weighted by Crippen LogP contribution is 2.39. The fourth-order valence-electron chi connectivity index (χ4n) is 4.26. The van der Waals surface area contributed by atoms with Gasteiger partial charge < -0.3 is 5.73 Å². The first-order chi connectivity index (χ1) is 20.3. The lowest BCUT2D eigenvalue weighted by Crippen LogP contribution is -2.01. The molecule has 0 amide bonds. The molecule has 0 aliphatic carbocycles. The number of aryl methyl sites for hydroxylation is 1. The zero-order valence-corrected chi connectivity index (χ0v) is 30.1. The second-order valence-electron chi connectivity index (χ2n) is 8.00. The third kappa shape index (κ3) is 13.5. The first-order valence-electron chi connectivity index (χ1n) is 15.7. The van der Waals surface area contributed by atoms with E-state index in [9.17, 15) is 0 Å². The summed E-state index contributed by atoms with van der Waals surface area (Å²) < 4.78 is 0. The molecule has 0 aliphatic heterocycles. The molecule has 42 heavy (non-hydrogen) atoms. The van der Waals surface area contributed by atoms with Crippen LogP contribution in [0.5, 0.6) is 0 Å². The van der Waals surface area contributed by atoms with Crippen LogP contribution < -0.4 is 5.73 Å². The van der Waals surface area contributed by atoms with Crippen molar-refractivity contribution in [1.29, 1.82) is 0 Å².